The SMILES string of the molecule is CCOC(=O)N1CCC(Nc2cnc(C(=O)NCCCN(C)C)cn2)CC1. The van der Waals surface area contributed by atoms with Crippen molar-refractivity contribution in [1.29, 1.82) is 0 Å². The fraction of sp³-hybridized carbons (Fsp3) is 0.667. The van der Waals surface area contributed by atoms with E-state index in [2.05, 4.69) is 25.5 Å². The molecule has 1 aromatic heterocycles. The molecule has 9 heteroatoms. The molecule has 0 spiro atoms. The lowest BCUT2D eigenvalue weighted by molar-refractivity contribution is 0.0945. The van der Waals surface area contributed by atoms with Crippen molar-refractivity contribution in [3.05, 3.63) is 18.1 Å². The van der Waals surface area contributed by atoms with Crippen LogP contribution in [-0.4, -0.2) is 84.7 Å². The van der Waals surface area contributed by atoms with Crippen LogP contribution in [0.3, 0.4) is 0 Å². The molecule has 2 heterocycles. The van der Waals surface area contributed by atoms with Gasteiger partial charge in [0.15, 0.2) is 0 Å². The predicted octanol–water partition coefficient (Wildman–Crippen LogP) is 1.19. The number of ether oxygens (including phenoxy) is 1. The monoisotopic (exact) mass is 378 g/mol. The first-order valence-electron chi connectivity index (χ1n) is 9.42. The molecule has 0 bridgehead atoms. The lowest BCUT2D eigenvalue weighted by Crippen LogP contribution is -2.42. The summed E-state index contributed by atoms with van der Waals surface area (Å²) in [5, 5.41) is 6.16. The summed E-state index contributed by atoms with van der Waals surface area (Å²) in [6, 6.07) is 0.218. The van der Waals surface area contributed by atoms with Crippen molar-refractivity contribution in [3.63, 3.8) is 0 Å². The highest BCUT2D eigenvalue weighted by Crippen LogP contribution is 2.15. The first kappa shape index (κ1) is 20.9. The topological polar surface area (TPSA) is 99.7 Å². The summed E-state index contributed by atoms with van der Waals surface area (Å²) < 4.78 is 5.02. The number of nitrogens with zero attached hydrogens (tertiary/aromatic N) is 4. The van der Waals surface area contributed by atoms with Crippen LogP contribution in [0.5, 0.6) is 0 Å². The van der Waals surface area contributed by atoms with Crippen LogP contribution >= 0.6 is 0 Å². The first-order valence-corrected chi connectivity index (χ1v) is 9.42. The van der Waals surface area contributed by atoms with Gasteiger partial charge in [0.05, 0.1) is 19.0 Å². The molecule has 2 rings (SSSR count). The van der Waals surface area contributed by atoms with E-state index in [1.165, 1.54) is 6.20 Å². The van der Waals surface area contributed by atoms with E-state index in [4.69, 9.17) is 4.74 Å². The molecule has 1 aliphatic heterocycles. The zero-order valence-corrected chi connectivity index (χ0v) is 16.4. The highest BCUT2D eigenvalue weighted by Gasteiger charge is 2.23. The van der Waals surface area contributed by atoms with Gasteiger partial charge in [-0.3, -0.25) is 4.79 Å². The van der Waals surface area contributed by atoms with Gasteiger partial charge in [-0.25, -0.2) is 14.8 Å². The number of amides is 2. The Balaban J connectivity index is 1.74. The minimum absolute atomic E-state index is 0.212. The second kappa shape index (κ2) is 10.7. The van der Waals surface area contributed by atoms with Gasteiger partial charge in [-0.2, -0.15) is 0 Å². The highest BCUT2D eigenvalue weighted by molar-refractivity contribution is 5.91. The Morgan fingerprint density at radius 2 is 2.00 bits per heavy atom. The van der Waals surface area contributed by atoms with Gasteiger partial charge in [-0.05, 0) is 46.8 Å². The van der Waals surface area contributed by atoms with Gasteiger partial charge < -0.3 is 25.2 Å². The maximum atomic E-state index is 12.0. The summed E-state index contributed by atoms with van der Waals surface area (Å²) in [7, 11) is 4.00. The van der Waals surface area contributed by atoms with E-state index in [9.17, 15) is 9.59 Å². The molecule has 9 nitrogen and oxygen atoms in total. The number of aromatic nitrogens is 2. The lowest BCUT2D eigenvalue weighted by atomic mass is 10.1. The molecule has 1 fully saturated rings. The Hall–Kier alpha value is -2.42. The summed E-state index contributed by atoms with van der Waals surface area (Å²) in [5.74, 6) is 0.421. The predicted molar refractivity (Wildman–Crippen MR) is 103 cm³/mol. The largest absolute Gasteiger partial charge is 0.450 e. The molecule has 0 unspecified atom stereocenters. The Labute approximate surface area is 160 Å². The van der Waals surface area contributed by atoms with Crippen molar-refractivity contribution in [2.45, 2.75) is 32.2 Å². The Morgan fingerprint density at radius 3 is 2.59 bits per heavy atom. The summed E-state index contributed by atoms with van der Waals surface area (Å²) >= 11 is 0. The molecule has 27 heavy (non-hydrogen) atoms. The van der Waals surface area contributed by atoms with Gasteiger partial charge >= 0.3 is 6.09 Å². The molecule has 0 saturated carbocycles. The van der Waals surface area contributed by atoms with E-state index in [-0.39, 0.29) is 18.0 Å². The van der Waals surface area contributed by atoms with Gasteiger partial charge in [0.25, 0.3) is 5.91 Å². The average Bonchev–Trinajstić information content (AvgIpc) is 2.66. The lowest BCUT2D eigenvalue weighted by Gasteiger charge is -2.31. The summed E-state index contributed by atoms with van der Waals surface area (Å²) in [6.07, 6.45) is 5.32. The average molecular weight is 378 g/mol. The molecule has 1 aliphatic rings. The van der Waals surface area contributed by atoms with Crippen molar-refractivity contribution in [2.24, 2.45) is 0 Å². The van der Waals surface area contributed by atoms with Crippen LogP contribution in [0.1, 0.15) is 36.7 Å². The molecule has 0 radical (unpaired) electrons. The Morgan fingerprint density at radius 1 is 1.26 bits per heavy atom. The molecule has 1 aromatic rings. The van der Waals surface area contributed by atoms with E-state index >= 15 is 0 Å². The van der Waals surface area contributed by atoms with E-state index in [1.54, 1.807) is 18.0 Å². The van der Waals surface area contributed by atoms with Gasteiger partial charge in [-0.15, -0.1) is 0 Å². The number of anilines is 1. The van der Waals surface area contributed by atoms with Gasteiger partial charge in [0, 0.05) is 25.7 Å². The summed E-state index contributed by atoms with van der Waals surface area (Å²) in [4.78, 5) is 36.0. The minimum Gasteiger partial charge on any atom is -0.450 e. The summed E-state index contributed by atoms with van der Waals surface area (Å²) in [6.45, 7) is 5.02. The van der Waals surface area contributed by atoms with E-state index < -0.39 is 0 Å². The van der Waals surface area contributed by atoms with Crippen LogP contribution in [0.15, 0.2) is 12.4 Å². The molecular weight excluding hydrogens is 348 g/mol. The zero-order chi connectivity index (χ0) is 19.6. The second-order valence-corrected chi connectivity index (χ2v) is 6.80. The summed E-state index contributed by atoms with van der Waals surface area (Å²) in [5.41, 5.74) is 0.308. The van der Waals surface area contributed by atoms with Crippen LogP contribution in [0.25, 0.3) is 0 Å². The van der Waals surface area contributed by atoms with E-state index in [0.29, 0.717) is 37.8 Å². The Kier molecular flexibility index (Phi) is 8.25. The van der Waals surface area contributed by atoms with Crippen LogP contribution in [0, 0.1) is 0 Å². The van der Waals surface area contributed by atoms with Gasteiger partial charge in [0.2, 0.25) is 0 Å². The van der Waals surface area contributed by atoms with Crippen molar-refractivity contribution in [1.82, 2.24) is 25.1 Å². The van der Waals surface area contributed by atoms with Crippen molar-refractivity contribution >= 4 is 17.8 Å². The molecule has 150 valence electrons. The second-order valence-electron chi connectivity index (χ2n) is 6.80. The smallest absolute Gasteiger partial charge is 0.409 e. The van der Waals surface area contributed by atoms with Crippen molar-refractivity contribution < 1.29 is 14.3 Å². The number of hydrogen-bond acceptors (Lipinski definition) is 7. The minimum atomic E-state index is -0.253. The molecule has 2 N–H and O–H groups in total. The fourth-order valence-corrected chi connectivity index (χ4v) is 2.84. The highest BCUT2D eigenvalue weighted by atomic mass is 16.6. The van der Waals surface area contributed by atoms with Crippen molar-refractivity contribution in [3.8, 4) is 0 Å². The normalized spacial score (nSPS) is 14.9. The molecule has 2 amide bonds. The van der Waals surface area contributed by atoms with Gasteiger partial charge in [0.1, 0.15) is 11.5 Å². The molecule has 0 aliphatic carbocycles. The van der Waals surface area contributed by atoms with Crippen LogP contribution < -0.4 is 10.6 Å². The number of nitrogens with one attached hydrogen (secondary N) is 2. The quantitative estimate of drug-likeness (QED) is 0.656. The number of piperidine rings is 1. The molecule has 0 atom stereocenters. The molecule has 0 aromatic carbocycles. The van der Waals surface area contributed by atoms with Crippen LogP contribution in [-0.2, 0) is 4.74 Å². The van der Waals surface area contributed by atoms with Gasteiger partial charge in [-0.1, -0.05) is 0 Å². The van der Waals surface area contributed by atoms with Crippen LogP contribution in [0.4, 0.5) is 10.6 Å². The number of carbonyl (C=O) groups excluding carboxylic acids is 2. The maximum Gasteiger partial charge on any atom is 0.409 e. The maximum absolute atomic E-state index is 12.0. The van der Waals surface area contributed by atoms with E-state index in [0.717, 1.165) is 25.8 Å². The number of rotatable bonds is 8. The number of likely N-dealkylation sites (tertiary alicyclic amines) is 1. The standard InChI is InChI=1S/C18H30N6O3/c1-4-27-18(26)24-10-6-14(7-11-24)22-16-13-20-15(12-21-16)17(25)19-8-5-9-23(2)3/h12-14H,4-11H2,1-3H3,(H,19,25)(H,21,22). The van der Waals surface area contributed by atoms with E-state index in [1.807, 2.05) is 14.1 Å². The Bertz CT molecular complexity index is 600. The third-order valence-corrected chi connectivity index (χ3v) is 4.33. The van der Waals surface area contributed by atoms with Crippen molar-refractivity contribution in [2.75, 3.05) is 52.2 Å². The van der Waals surface area contributed by atoms with Crippen LogP contribution in [0.2, 0.25) is 0 Å². The molecule has 1 saturated heterocycles. The number of hydrogen-bond donors (Lipinski definition) is 2. The zero-order valence-electron chi connectivity index (χ0n) is 16.4. The third-order valence-electron chi connectivity index (χ3n) is 4.33. The fourth-order valence-electron chi connectivity index (χ4n) is 2.84. The number of carbonyl (C=O) groups is 2. The third kappa shape index (κ3) is 7.01. The molecular formula is C18H30N6O3. The first-order chi connectivity index (χ1) is 13.0.